The minimum atomic E-state index is -1.17. The molecule has 162 valence electrons. The van der Waals surface area contributed by atoms with E-state index in [1.807, 2.05) is 13.8 Å². The van der Waals surface area contributed by atoms with Crippen LogP contribution in [0, 0.1) is 0 Å². The van der Waals surface area contributed by atoms with Crippen molar-refractivity contribution in [2.75, 3.05) is 12.3 Å². The van der Waals surface area contributed by atoms with Crippen LogP contribution in [0.25, 0.3) is 0 Å². The lowest BCUT2D eigenvalue weighted by atomic mass is 10.0. The Morgan fingerprint density at radius 3 is 2.30 bits per heavy atom. The highest BCUT2D eigenvalue weighted by molar-refractivity contribution is 6.31. The number of ketones is 1. The van der Waals surface area contributed by atoms with Crippen molar-refractivity contribution in [3.63, 3.8) is 0 Å². The van der Waals surface area contributed by atoms with E-state index in [9.17, 15) is 14.4 Å². The molecule has 0 aromatic heterocycles. The van der Waals surface area contributed by atoms with E-state index in [0.717, 1.165) is 0 Å². The number of carbonyl (C=O) groups is 3. The molecule has 0 heterocycles. The molecular formula is C22H27ClN2O5. The molecular weight excluding hydrogens is 408 g/mol. The molecule has 0 bridgehead atoms. The van der Waals surface area contributed by atoms with Crippen molar-refractivity contribution >= 4 is 35.0 Å². The number of carbonyl (C=O) groups excluding carboxylic acids is 3. The molecule has 2 atom stereocenters. The lowest BCUT2D eigenvalue weighted by Crippen LogP contribution is -2.36. The summed E-state index contributed by atoms with van der Waals surface area (Å²) in [5, 5.41) is 0.400. The number of nitrogens with two attached hydrogens (primary N) is 2. The van der Waals surface area contributed by atoms with Crippen molar-refractivity contribution in [2.24, 2.45) is 5.73 Å². The molecule has 0 saturated carbocycles. The lowest BCUT2D eigenvalue weighted by molar-refractivity contribution is -0.148. The number of hydrogen-bond acceptors (Lipinski definition) is 7. The average molecular weight is 435 g/mol. The monoisotopic (exact) mass is 434 g/mol. The van der Waals surface area contributed by atoms with Crippen molar-refractivity contribution in [3.8, 4) is 0 Å². The fourth-order valence-electron chi connectivity index (χ4n) is 2.35. The first-order valence-electron chi connectivity index (χ1n) is 9.54. The topological polar surface area (TPSA) is 122 Å². The number of halogens is 1. The predicted molar refractivity (Wildman–Crippen MR) is 116 cm³/mol. The zero-order valence-corrected chi connectivity index (χ0v) is 18.0. The molecule has 0 aliphatic carbocycles. The maximum Gasteiger partial charge on any atom is 0.338 e. The third-order valence-electron chi connectivity index (χ3n) is 3.80. The first-order valence-corrected chi connectivity index (χ1v) is 9.92. The molecule has 0 saturated heterocycles. The normalized spacial score (nSPS) is 12.0. The summed E-state index contributed by atoms with van der Waals surface area (Å²) in [5.74, 6) is -1.70. The third-order valence-corrected chi connectivity index (χ3v) is 4.04. The molecule has 0 fully saturated rings. The van der Waals surface area contributed by atoms with Gasteiger partial charge in [0.25, 0.3) is 0 Å². The van der Waals surface area contributed by atoms with Crippen LogP contribution < -0.4 is 11.5 Å². The van der Waals surface area contributed by atoms with Crippen LogP contribution in [0.1, 0.15) is 47.9 Å². The van der Waals surface area contributed by atoms with Crippen molar-refractivity contribution in [2.45, 2.75) is 39.3 Å². The first kappa shape index (κ1) is 25.1. The molecule has 2 unspecified atom stereocenters. The van der Waals surface area contributed by atoms with E-state index < -0.39 is 29.9 Å². The number of Topliss-reactive ketones (excluding diaryl/α,β-unsaturated/α-hetero) is 1. The van der Waals surface area contributed by atoms with Crippen LogP contribution >= 0.6 is 11.6 Å². The molecule has 0 aliphatic rings. The van der Waals surface area contributed by atoms with Crippen LogP contribution in [-0.4, -0.2) is 36.5 Å². The lowest BCUT2D eigenvalue weighted by Gasteiger charge is -2.16. The number of anilines is 1. The standard InChI is InChI=1S/C20H21ClN2O5.C2H6/c1-12(28-19(25)13-5-3-2-4-6-13)11-27-20(26)17(23)10-18(24)15-8-7-14(21)9-16(15)22;1-2/h2-9,12,17H,10-11,22-23H2,1H3;1-2H3. The van der Waals surface area contributed by atoms with Crippen molar-refractivity contribution in [3.05, 3.63) is 64.7 Å². The minimum absolute atomic E-state index is 0.178. The van der Waals surface area contributed by atoms with Crippen molar-refractivity contribution in [1.29, 1.82) is 0 Å². The SMILES string of the molecule is CC.CC(COC(=O)C(N)CC(=O)c1ccc(Cl)cc1N)OC(=O)c1ccccc1. The third kappa shape index (κ3) is 7.85. The maximum absolute atomic E-state index is 12.3. The van der Waals surface area contributed by atoms with Crippen LogP contribution in [0.2, 0.25) is 5.02 Å². The summed E-state index contributed by atoms with van der Waals surface area (Å²) in [7, 11) is 0. The number of esters is 2. The van der Waals surface area contributed by atoms with E-state index in [1.54, 1.807) is 37.3 Å². The summed E-state index contributed by atoms with van der Waals surface area (Å²) in [6, 6.07) is 11.7. The molecule has 2 aromatic rings. The Kier molecular flexibility index (Phi) is 10.6. The zero-order chi connectivity index (χ0) is 22.7. The van der Waals surface area contributed by atoms with Crippen LogP contribution in [0.3, 0.4) is 0 Å². The van der Waals surface area contributed by atoms with E-state index in [0.29, 0.717) is 10.6 Å². The second kappa shape index (κ2) is 12.6. The van der Waals surface area contributed by atoms with E-state index >= 15 is 0 Å². The van der Waals surface area contributed by atoms with Crippen LogP contribution in [0.15, 0.2) is 48.5 Å². The highest BCUT2D eigenvalue weighted by Gasteiger charge is 2.22. The minimum Gasteiger partial charge on any atom is -0.461 e. The second-order valence-electron chi connectivity index (χ2n) is 6.18. The average Bonchev–Trinajstić information content (AvgIpc) is 2.73. The first-order chi connectivity index (χ1) is 14.3. The molecule has 2 rings (SSSR count). The van der Waals surface area contributed by atoms with Crippen molar-refractivity contribution in [1.82, 2.24) is 0 Å². The van der Waals surface area contributed by atoms with Gasteiger partial charge in [-0.2, -0.15) is 0 Å². The van der Waals surface area contributed by atoms with Gasteiger partial charge in [0.15, 0.2) is 5.78 Å². The van der Waals surface area contributed by atoms with Gasteiger partial charge in [-0.15, -0.1) is 0 Å². The highest BCUT2D eigenvalue weighted by Crippen LogP contribution is 2.20. The molecule has 30 heavy (non-hydrogen) atoms. The molecule has 0 amide bonds. The molecule has 7 nitrogen and oxygen atoms in total. The van der Waals surface area contributed by atoms with E-state index in [-0.39, 0.29) is 24.3 Å². The molecule has 0 aliphatic heterocycles. The van der Waals surface area contributed by atoms with Crippen LogP contribution in [0.5, 0.6) is 0 Å². The van der Waals surface area contributed by atoms with Crippen LogP contribution in [-0.2, 0) is 14.3 Å². The van der Waals surface area contributed by atoms with Gasteiger partial charge in [0, 0.05) is 22.7 Å². The van der Waals surface area contributed by atoms with Gasteiger partial charge < -0.3 is 20.9 Å². The number of hydrogen-bond donors (Lipinski definition) is 2. The van der Waals surface area contributed by atoms with Gasteiger partial charge in [0.2, 0.25) is 0 Å². The smallest absolute Gasteiger partial charge is 0.338 e. The Labute approximate surface area is 181 Å². The summed E-state index contributed by atoms with van der Waals surface area (Å²) >= 11 is 5.80. The molecule has 4 N–H and O–H groups in total. The Balaban J connectivity index is 0.00000218. The summed E-state index contributed by atoms with van der Waals surface area (Å²) in [4.78, 5) is 36.2. The Morgan fingerprint density at radius 1 is 1.07 bits per heavy atom. The molecule has 2 aromatic carbocycles. The highest BCUT2D eigenvalue weighted by atomic mass is 35.5. The number of ether oxygens (including phenoxy) is 2. The summed E-state index contributed by atoms with van der Waals surface area (Å²) in [5.41, 5.74) is 12.3. The maximum atomic E-state index is 12.3. The summed E-state index contributed by atoms with van der Waals surface area (Å²) < 4.78 is 10.2. The molecule has 0 radical (unpaired) electrons. The van der Waals surface area contributed by atoms with Gasteiger partial charge in [0.1, 0.15) is 18.8 Å². The van der Waals surface area contributed by atoms with Crippen molar-refractivity contribution < 1.29 is 23.9 Å². The van der Waals surface area contributed by atoms with E-state index in [4.69, 9.17) is 32.5 Å². The fourth-order valence-corrected chi connectivity index (χ4v) is 2.53. The predicted octanol–water partition coefficient (Wildman–Crippen LogP) is 3.64. The fraction of sp³-hybridized carbons (Fsp3) is 0.318. The Bertz CT molecular complexity index is 858. The van der Waals surface area contributed by atoms with Gasteiger partial charge in [-0.1, -0.05) is 43.6 Å². The largest absolute Gasteiger partial charge is 0.461 e. The molecule has 8 heteroatoms. The van der Waals surface area contributed by atoms with E-state index in [2.05, 4.69) is 0 Å². The molecule has 0 spiro atoms. The van der Waals surface area contributed by atoms with Gasteiger partial charge in [-0.25, -0.2) is 4.79 Å². The second-order valence-corrected chi connectivity index (χ2v) is 6.61. The van der Waals surface area contributed by atoms with Gasteiger partial charge in [-0.3, -0.25) is 9.59 Å². The Morgan fingerprint density at radius 2 is 1.70 bits per heavy atom. The quantitative estimate of drug-likeness (QED) is 0.369. The zero-order valence-electron chi connectivity index (χ0n) is 17.3. The summed E-state index contributed by atoms with van der Waals surface area (Å²) in [6.07, 6.45) is -0.950. The number of rotatable bonds is 8. The van der Waals surface area contributed by atoms with Gasteiger partial charge in [0.05, 0.1) is 5.56 Å². The number of nitrogen functional groups attached to an aromatic ring is 1. The van der Waals surface area contributed by atoms with E-state index in [1.165, 1.54) is 18.2 Å². The van der Waals surface area contributed by atoms with Gasteiger partial charge in [-0.05, 0) is 37.3 Å². The van der Waals surface area contributed by atoms with Gasteiger partial charge >= 0.3 is 11.9 Å². The number of benzene rings is 2. The van der Waals surface area contributed by atoms with Crippen LogP contribution in [0.4, 0.5) is 5.69 Å². The Hall–Kier alpha value is -2.90. The summed E-state index contributed by atoms with van der Waals surface area (Å²) in [6.45, 7) is 5.40.